The van der Waals surface area contributed by atoms with Crippen molar-refractivity contribution in [2.45, 2.75) is 63.5 Å². The Morgan fingerprint density at radius 2 is 2.04 bits per heavy atom. The van der Waals surface area contributed by atoms with E-state index >= 15 is 0 Å². The summed E-state index contributed by atoms with van der Waals surface area (Å²) < 4.78 is 1.27. The van der Waals surface area contributed by atoms with Gasteiger partial charge in [-0.15, -0.1) is 11.3 Å². The van der Waals surface area contributed by atoms with E-state index in [4.69, 9.17) is 4.98 Å². The fourth-order valence-corrected chi connectivity index (χ4v) is 5.45. The van der Waals surface area contributed by atoms with E-state index in [1.54, 1.807) is 0 Å². The van der Waals surface area contributed by atoms with Crippen LogP contribution in [0.1, 0.15) is 56.4 Å². The second kappa shape index (κ2) is 7.42. The van der Waals surface area contributed by atoms with E-state index in [0.29, 0.717) is 12.0 Å². The topological polar surface area (TPSA) is 46.4 Å². The average Bonchev–Trinajstić information content (AvgIpc) is 3.30. The summed E-state index contributed by atoms with van der Waals surface area (Å²) in [5.74, 6) is 0.731. The number of thiazole rings is 1. The van der Waals surface area contributed by atoms with Crippen LogP contribution in [0.3, 0.4) is 0 Å². The Morgan fingerprint density at radius 3 is 2.84 bits per heavy atom. The van der Waals surface area contributed by atoms with Crippen molar-refractivity contribution in [3.63, 3.8) is 0 Å². The molecule has 2 aromatic rings. The Kier molecular flexibility index (Phi) is 5.04. The molecule has 1 aliphatic heterocycles. The van der Waals surface area contributed by atoms with Gasteiger partial charge in [0.15, 0.2) is 6.04 Å². The van der Waals surface area contributed by atoms with Crippen molar-refractivity contribution >= 4 is 27.5 Å². The van der Waals surface area contributed by atoms with Crippen molar-refractivity contribution in [1.29, 1.82) is 0 Å². The molecule has 1 aromatic heterocycles. The highest BCUT2D eigenvalue weighted by Gasteiger charge is 2.34. The second-order valence-electron chi connectivity index (χ2n) is 7.68. The maximum atomic E-state index is 12.6. The Labute approximate surface area is 153 Å². The standard InChI is InChI=1S/C20H27N3OS/c1-14(19(24)21-16-8-2-3-9-16)23-12-6-7-15(13-23)20-22-17-10-4-5-11-18(17)25-20/h4-5,10-11,14-16H,2-3,6-9,12-13H2,1H3,(H,21,24)/p+1/t14-,15-/m0/s1. The predicted molar refractivity (Wildman–Crippen MR) is 102 cm³/mol. The summed E-state index contributed by atoms with van der Waals surface area (Å²) >= 11 is 1.83. The molecule has 1 unspecified atom stereocenters. The van der Waals surface area contributed by atoms with Gasteiger partial charge >= 0.3 is 0 Å². The van der Waals surface area contributed by atoms with Gasteiger partial charge in [0.1, 0.15) is 5.01 Å². The van der Waals surface area contributed by atoms with Crippen LogP contribution in [-0.4, -0.2) is 36.1 Å². The van der Waals surface area contributed by atoms with E-state index < -0.39 is 0 Å². The molecule has 4 rings (SSSR count). The van der Waals surface area contributed by atoms with Crippen molar-refractivity contribution in [3.05, 3.63) is 29.3 Å². The molecule has 0 spiro atoms. The van der Waals surface area contributed by atoms with Crippen LogP contribution >= 0.6 is 11.3 Å². The normalized spacial score (nSPS) is 26.0. The molecule has 0 bridgehead atoms. The number of nitrogens with one attached hydrogen (secondary N) is 2. The molecular weight excluding hydrogens is 330 g/mol. The van der Waals surface area contributed by atoms with Crippen LogP contribution in [0, 0.1) is 0 Å². The van der Waals surface area contributed by atoms with Crippen LogP contribution in [0.15, 0.2) is 24.3 Å². The van der Waals surface area contributed by atoms with Crippen LogP contribution < -0.4 is 10.2 Å². The monoisotopic (exact) mass is 358 g/mol. The van der Waals surface area contributed by atoms with E-state index in [1.165, 1.54) is 40.3 Å². The zero-order valence-electron chi connectivity index (χ0n) is 15.0. The first kappa shape index (κ1) is 17.0. The number of rotatable bonds is 4. The van der Waals surface area contributed by atoms with E-state index in [2.05, 4.69) is 36.5 Å². The summed E-state index contributed by atoms with van der Waals surface area (Å²) in [6, 6.07) is 8.84. The first-order valence-corrected chi connectivity index (χ1v) is 10.5. The highest BCUT2D eigenvalue weighted by molar-refractivity contribution is 7.18. The van der Waals surface area contributed by atoms with Gasteiger partial charge < -0.3 is 10.2 Å². The summed E-state index contributed by atoms with van der Waals surface area (Å²) in [6.07, 6.45) is 7.20. The van der Waals surface area contributed by atoms with Gasteiger partial charge in [0.2, 0.25) is 0 Å². The van der Waals surface area contributed by atoms with Crippen molar-refractivity contribution in [2.24, 2.45) is 0 Å². The van der Waals surface area contributed by atoms with Crippen molar-refractivity contribution in [1.82, 2.24) is 10.3 Å². The molecule has 25 heavy (non-hydrogen) atoms. The number of nitrogens with zero attached hydrogens (tertiary/aromatic N) is 1. The van der Waals surface area contributed by atoms with E-state index in [9.17, 15) is 4.79 Å². The number of benzene rings is 1. The lowest BCUT2D eigenvalue weighted by Crippen LogP contribution is -3.18. The summed E-state index contributed by atoms with van der Waals surface area (Å²) in [5, 5.41) is 4.53. The third-order valence-electron chi connectivity index (χ3n) is 5.93. The molecule has 1 saturated carbocycles. The molecule has 1 amide bonds. The number of carbonyl (C=O) groups excluding carboxylic acids is 1. The SMILES string of the molecule is C[C@@H](C(=O)NC1CCCC1)[NH+]1CCC[C@H](c2nc3ccccc3s2)C1. The third-order valence-corrected chi connectivity index (χ3v) is 7.12. The van der Waals surface area contributed by atoms with Gasteiger partial charge in [-0.25, -0.2) is 4.98 Å². The molecule has 0 radical (unpaired) electrons. The minimum atomic E-state index is 0.0396. The number of aromatic nitrogens is 1. The van der Waals surface area contributed by atoms with Crippen LogP contribution in [0.4, 0.5) is 0 Å². The van der Waals surface area contributed by atoms with Gasteiger partial charge in [0, 0.05) is 6.04 Å². The Bertz CT molecular complexity index is 704. The number of para-hydroxylation sites is 1. The fraction of sp³-hybridized carbons (Fsp3) is 0.600. The minimum absolute atomic E-state index is 0.0396. The maximum absolute atomic E-state index is 12.6. The Balaban J connectivity index is 1.42. The molecule has 1 aromatic carbocycles. The van der Waals surface area contributed by atoms with Gasteiger partial charge in [-0.3, -0.25) is 4.79 Å². The molecule has 134 valence electrons. The van der Waals surface area contributed by atoms with Crippen LogP contribution in [0.2, 0.25) is 0 Å². The number of likely N-dealkylation sites (tertiary alicyclic amines) is 1. The number of amides is 1. The van der Waals surface area contributed by atoms with Gasteiger partial charge in [0.05, 0.1) is 29.2 Å². The molecule has 5 heteroatoms. The number of hydrogen-bond acceptors (Lipinski definition) is 3. The Morgan fingerprint density at radius 1 is 1.24 bits per heavy atom. The minimum Gasteiger partial charge on any atom is -0.348 e. The quantitative estimate of drug-likeness (QED) is 0.882. The summed E-state index contributed by atoms with van der Waals surface area (Å²) in [7, 11) is 0. The number of quaternary nitrogens is 1. The van der Waals surface area contributed by atoms with E-state index in [-0.39, 0.29) is 11.9 Å². The number of fused-ring (bicyclic) bond motifs is 1. The highest BCUT2D eigenvalue weighted by Crippen LogP contribution is 2.30. The Hall–Kier alpha value is -1.46. The fourth-order valence-electron chi connectivity index (χ4n) is 4.35. The van der Waals surface area contributed by atoms with Crippen molar-refractivity contribution in [2.75, 3.05) is 13.1 Å². The van der Waals surface area contributed by atoms with Crippen LogP contribution in [0.5, 0.6) is 0 Å². The molecule has 1 saturated heterocycles. The number of piperidine rings is 1. The summed E-state index contributed by atoms with van der Waals surface area (Å²) in [6.45, 7) is 4.22. The molecule has 2 heterocycles. The van der Waals surface area contributed by atoms with Gasteiger partial charge in [-0.2, -0.15) is 0 Å². The van der Waals surface area contributed by atoms with Gasteiger partial charge in [-0.1, -0.05) is 25.0 Å². The highest BCUT2D eigenvalue weighted by atomic mass is 32.1. The first-order chi connectivity index (χ1) is 12.2. The number of carbonyl (C=O) groups is 1. The van der Waals surface area contributed by atoms with E-state index in [1.807, 2.05) is 11.3 Å². The molecule has 2 N–H and O–H groups in total. The molecule has 4 nitrogen and oxygen atoms in total. The van der Waals surface area contributed by atoms with E-state index in [0.717, 1.165) is 31.4 Å². The summed E-state index contributed by atoms with van der Waals surface area (Å²) in [4.78, 5) is 18.9. The van der Waals surface area contributed by atoms with Crippen molar-refractivity contribution in [3.8, 4) is 0 Å². The number of hydrogen-bond donors (Lipinski definition) is 2. The smallest absolute Gasteiger partial charge is 0.278 e. The molecule has 2 fully saturated rings. The maximum Gasteiger partial charge on any atom is 0.278 e. The third kappa shape index (κ3) is 3.72. The van der Waals surface area contributed by atoms with Crippen LogP contribution in [0.25, 0.3) is 10.2 Å². The van der Waals surface area contributed by atoms with Crippen molar-refractivity contribution < 1.29 is 9.69 Å². The molecular formula is C20H28N3OS+. The molecule has 1 aliphatic carbocycles. The van der Waals surface area contributed by atoms with Gasteiger partial charge in [0.25, 0.3) is 5.91 Å². The molecule has 2 aliphatic rings. The zero-order valence-corrected chi connectivity index (χ0v) is 15.8. The summed E-state index contributed by atoms with van der Waals surface area (Å²) in [5.41, 5.74) is 1.11. The lowest BCUT2D eigenvalue weighted by Gasteiger charge is -2.33. The average molecular weight is 359 g/mol. The first-order valence-electron chi connectivity index (χ1n) is 9.71. The van der Waals surface area contributed by atoms with Gasteiger partial charge in [-0.05, 0) is 44.7 Å². The van der Waals surface area contributed by atoms with Crippen LogP contribution in [-0.2, 0) is 4.79 Å². The largest absolute Gasteiger partial charge is 0.348 e. The lowest BCUT2D eigenvalue weighted by atomic mass is 9.97. The lowest BCUT2D eigenvalue weighted by molar-refractivity contribution is -0.920. The molecule has 3 atom stereocenters. The zero-order chi connectivity index (χ0) is 17.2. The second-order valence-corrected chi connectivity index (χ2v) is 8.75. The predicted octanol–water partition coefficient (Wildman–Crippen LogP) is 2.51.